The third-order valence-corrected chi connectivity index (χ3v) is 4.37. The molecule has 2 nitrogen and oxygen atoms in total. The standard InChI is InChI=1S/C18H14BrNO/c1-11-6-8-15(14-5-3-2-4-13(11)14)18(21)12-7-9-16(19)17(20)10-12/h2-10H,20H2,1H3. The number of hydrogen-bond donors (Lipinski definition) is 1. The van der Waals surface area contributed by atoms with Gasteiger partial charge in [-0.15, -0.1) is 0 Å². The number of nitrogen functional groups attached to an aromatic ring is 1. The Balaban J connectivity index is 2.18. The van der Waals surface area contributed by atoms with Crippen LogP contribution in [0.25, 0.3) is 10.8 Å². The van der Waals surface area contributed by atoms with Gasteiger partial charge in [-0.05, 0) is 57.4 Å². The first kappa shape index (κ1) is 13.8. The van der Waals surface area contributed by atoms with E-state index in [2.05, 4.69) is 15.9 Å². The molecule has 104 valence electrons. The SMILES string of the molecule is Cc1ccc(C(=O)c2ccc(Br)c(N)c2)c2ccccc12. The van der Waals surface area contributed by atoms with Gasteiger partial charge in [-0.3, -0.25) is 4.79 Å². The second kappa shape index (κ2) is 5.34. The maximum Gasteiger partial charge on any atom is 0.193 e. The van der Waals surface area contributed by atoms with Crippen molar-refractivity contribution in [2.75, 3.05) is 5.73 Å². The molecule has 0 bridgehead atoms. The van der Waals surface area contributed by atoms with Gasteiger partial charge in [-0.1, -0.05) is 36.4 Å². The van der Waals surface area contributed by atoms with Crippen molar-refractivity contribution in [2.45, 2.75) is 6.92 Å². The van der Waals surface area contributed by atoms with E-state index >= 15 is 0 Å². The van der Waals surface area contributed by atoms with E-state index < -0.39 is 0 Å². The first-order valence-corrected chi connectivity index (χ1v) is 7.45. The molecule has 3 aromatic rings. The van der Waals surface area contributed by atoms with E-state index in [1.807, 2.05) is 43.3 Å². The van der Waals surface area contributed by atoms with Crippen LogP contribution in [0.15, 0.2) is 59.1 Å². The Morgan fingerprint density at radius 3 is 2.43 bits per heavy atom. The lowest BCUT2D eigenvalue weighted by molar-refractivity contribution is 0.104. The molecular weight excluding hydrogens is 326 g/mol. The normalized spacial score (nSPS) is 10.8. The molecule has 0 fully saturated rings. The van der Waals surface area contributed by atoms with Gasteiger partial charge in [-0.2, -0.15) is 0 Å². The third-order valence-electron chi connectivity index (χ3n) is 3.64. The minimum absolute atomic E-state index is 0.00889. The minimum Gasteiger partial charge on any atom is -0.398 e. The maximum atomic E-state index is 12.8. The number of carbonyl (C=O) groups is 1. The maximum absolute atomic E-state index is 12.8. The monoisotopic (exact) mass is 339 g/mol. The fraction of sp³-hybridized carbons (Fsp3) is 0.0556. The molecule has 0 saturated carbocycles. The van der Waals surface area contributed by atoms with Crippen LogP contribution in [0, 0.1) is 6.92 Å². The van der Waals surface area contributed by atoms with Crippen molar-refractivity contribution >= 4 is 38.2 Å². The van der Waals surface area contributed by atoms with Crippen LogP contribution in [-0.4, -0.2) is 5.78 Å². The van der Waals surface area contributed by atoms with Gasteiger partial charge in [0, 0.05) is 21.3 Å². The summed E-state index contributed by atoms with van der Waals surface area (Å²) >= 11 is 3.35. The van der Waals surface area contributed by atoms with Crippen LogP contribution < -0.4 is 5.73 Å². The number of ketones is 1. The smallest absolute Gasteiger partial charge is 0.193 e. The Kier molecular flexibility index (Phi) is 3.52. The Labute approximate surface area is 131 Å². The van der Waals surface area contributed by atoms with Gasteiger partial charge in [0.1, 0.15) is 0 Å². The number of benzene rings is 3. The molecule has 0 aliphatic carbocycles. The van der Waals surface area contributed by atoms with Gasteiger partial charge < -0.3 is 5.73 Å². The average molecular weight is 340 g/mol. The van der Waals surface area contributed by atoms with Crippen molar-refractivity contribution in [1.82, 2.24) is 0 Å². The Morgan fingerprint density at radius 1 is 1.00 bits per heavy atom. The number of anilines is 1. The molecule has 21 heavy (non-hydrogen) atoms. The second-order valence-electron chi connectivity index (χ2n) is 5.04. The summed E-state index contributed by atoms with van der Waals surface area (Å²) in [5.41, 5.74) is 8.91. The van der Waals surface area contributed by atoms with Crippen LogP contribution in [-0.2, 0) is 0 Å². The molecule has 0 atom stereocenters. The first-order valence-electron chi connectivity index (χ1n) is 6.66. The summed E-state index contributed by atoms with van der Waals surface area (Å²) < 4.78 is 0.799. The minimum atomic E-state index is -0.00889. The van der Waals surface area contributed by atoms with E-state index in [1.165, 1.54) is 0 Å². The lowest BCUT2D eigenvalue weighted by atomic mass is 9.95. The fourth-order valence-corrected chi connectivity index (χ4v) is 2.73. The molecule has 0 spiro atoms. The van der Waals surface area contributed by atoms with E-state index in [1.54, 1.807) is 18.2 Å². The van der Waals surface area contributed by atoms with Crippen molar-refractivity contribution in [1.29, 1.82) is 0 Å². The third kappa shape index (κ3) is 2.45. The lowest BCUT2D eigenvalue weighted by Crippen LogP contribution is -2.03. The average Bonchev–Trinajstić information content (AvgIpc) is 2.50. The van der Waals surface area contributed by atoms with Crippen LogP contribution >= 0.6 is 15.9 Å². The summed E-state index contributed by atoms with van der Waals surface area (Å²) in [6.45, 7) is 2.05. The highest BCUT2D eigenvalue weighted by molar-refractivity contribution is 9.10. The van der Waals surface area contributed by atoms with Crippen molar-refractivity contribution in [3.8, 4) is 0 Å². The van der Waals surface area contributed by atoms with Gasteiger partial charge in [0.2, 0.25) is 0 Å². The van der Waals surface area contributed by atoms with Crippen LogP contribution in [0.2, 0.25) is 0 Å². The highest BCUT2D eigenvalue weighted by Crippen LogP contribution is 2.26. The molecule has 3 aromatic carbocycles. The molecule has 0 heterocycles. The van der Waals surface area contributed by atoms with E-state index in [-0.39, 0.29) is 5.78 Å². The summed E-state index contributed by atoms with van der Waals surface area (Å²) in [7, 11) is 0. The molecule has 0 saturated heterocycles. The summed E-state index contributed by atoms with van der Waals surface area (Å²) in [5, 5.41) is 2.08. The van der Waals surface area contributed by atoms with E-state index in [9.17, 15) is 4.79 Å². The zero-order valence-electron chi connectivity index (χ0n) is 11.6. The summed E-state index contributed by atoms with van der Waals surface area (Å²) in [5.74, 6) is -0.00889. The van der Waals surface area contributed by atoms with Crippen LogP contribution in [0.5, 0.6) is 0 Å². The van der Waals surface area contributed by atoms with E-state index in [0.717, 1.165) is 20.8 Å². The topological polar surface area (TPSA) is 43.1 Å². The number of nitrogens with two attached hydrogens (primary N) is 1. The molecule has 0 amide bonds. The predicted octanol–water partition coefficient (Wildman–Crippen LogP) is 4.72. The number of carbonyl (C=O) groups excluding carboxylic acids is 1. The molecule has 0 radical (unpaired) electrons. The highest BCUT2D eigenvalue weighted by Gasteiger charge is 2.14. The lowest BCUT2D eigenvalue weighted by Gasteiger charge is -2.09. The van der Waals surface area contributed by atoms with Crippen molar-refractivity contribution in [2.24, 2.45) is 0 Å². The van der Waals surface area contributed by atoms with Crippen molar-refractivity contribution in [3.05, 3.63) is 75.8 Å². The van der Waals surface area contributed by atoms with Crippen LogP contribution in [0.4, 0.5) is 5.69 Å². The first-order chi connectivity index (χ1) is 10.1. The Bertz CT molecular complexity index is 855. The number of fused-ring (bicyclic) bond motifs is 1. The van der Waals surface area contributed by atoms with Gasteiger partial charge in [-0.25, -0.2) is 0 Å². The molecular formula is C18H14BrNO. The van der Waals surface area contributed by atoms with Crippen molar-refractivity contribution < 1.29 is 4.79 Å². The van der Waals surface area contributed by atoms with E-state index in [0.29, 0.717) is 16.8 Å². The number of hydrogen-bond acceptors (Lipinski definition) is 2. The summed E-state index contributed by atoms with van der Waals surface area (Å²) in [6, 6.07) is 17.1. The van der Waals surface area contributed by atoms with Gasteiger partial charge in [0.15, 0.2) is 5.78 Å². The molecule has 0 unspecified atom stereocenters. The fourth-order valence-electron chi connectivity index (χ4n) is 2.49. The van der Waals surface area contributed by atoms with Gasteiger partial charge >= 0.3 is 0 Å². The van der Waals surface area contributed by atoms with Gasteiger partial charge in [0.25, 0.3) is 0 Å². The summed E-state index contributed by atoms with van der Waals surface area (Å²) in [6.07, 6.45) is 0. The zero-order chi connectivity index (χ0) is 15.0. The summed E-state index contributed by atoms with van der Waals surface area (Å²) in [4.78, 5) is 12.8. The largest absolute Gasteiger partial charge is 0.398 e. The quantitative estimate of drug-likeness (QED) is 0.542. The molecule has 0 aliphatic rings. The molecule has 2 N–H and O–H groups in total. The molecule has 0 aliphatic heterocycles. The molecule has 0 aromatic heterocycles. The molecule has 3 heteroatoms. The van der Waals surface area contributed by atoms with Gasteiger partial charge in [0.05, 0.1) is 0 Å². The number of aryl methyl sites for hydroxylation is 1. The van der Waals surface area contributed by atoms with Crippen LogP contribution in [0.1, 0.15) is 21.5 Å². The Hall–Kier alpha value is -2.13. The van der Waals surface area contributed by atoms with E-state index in [4.69, 9.17) is 5.73 Å². The highest BCUT2D eigenvalue weighted by atomic mass is 79.9. The molecule has 3 rings (SSSR count). The number of rotatable bonds is 2. The van der Waals surface area contributed by atoms with Crippen LogP contribution in [0.3, 0.4) is 0 Å². The second-order valence-corrected chi connectivity index (χ2v) is 5.90. The van der Waals surface area contributed by atoms with Crippen molar-refractivity contribution in [3.63, 3.8) is 0 Å². The number of halogens is 1. The Morgan fingerprint density at radius 2 is 1.71 bits per heavy atom. The zero-order valence-corrected chi connectivity index (χ0v) is 13.1. The predicted molar refractivity (Wildman–Crippen MR) is 90.7 cm³/mol.